The number of nitrogens with zero attached hydrogens (tertiary/aromatic N) is 2. The molecule has 0 radical (unpaired) electrons. The summed E-state index contributed by atoms with van der Waals surface area (Å²) in [7, 11) is -3.41. The Labute approximate surface area is 123 Å². The standard InChI is InChI=1S/C13H18N4O3S/c1-9-5-4-6-17-8-11(15-12(9)17)7-14-13(18)10(2)16-21(3,19)20/h4-6,8,10,16H,7H2,1-3H3,(H,14,18)/t10-/m0/s1. The number of pyridine rings is 1. The zero-order valence-corrected chi connectivity index (χ0v) is 12.9. The lowest BCUT2D eigenvalue weighted by Gasteiger charge is -2.11. The maximum atomic E-state index is 11.8. The molecule has 2 N–H and O–H groups in total. The number of aryl methyl sites for hydroxylation is 1. The fourth-order valence-electron chi connectivity index (χ4n) is 1.99. The fourth-order valence-corrected chi connectivity index (χ4v) is 2.74. The van der Waals surface area contributed by atoms with Gasteiger partial charge in [-0.15, -0.1) is 0 Å². The molecule has 0 aromatic carbocycles. The summed E-state index contributed by atoms with van der Waals surface area (Å²) in [6.45, 7) is 3.70. The molecule has 0 spiro atoms. The van der Waals surface area contributed by atoms with Crippen LogP contribution in [0.5, 0.6) is 0 Å². The van der Waals surface area contributed by atoms with E-state index in [1.54, 1.807) is 0 Å². The molecular weight excluding hydrogens is 292 g/mol. The molecule has 0 saturated carbocycles. The molecule has 0 fully saturated rings. The largest absolute Gasteiger partial charge is 0.349 e. The van der Waals surface area contributed by atoms with E-state index < -0.39 is 22.0 Å². The van der Waals surface area contributed by atoms with Crippen LogP contribution in [0.15, 0.2) is 24.5 Å². The second kappa shape index (κ2) is 5.82. The lowest BCUT2D eigenvalue weighted by molar-refractivity contribution is -0.122. The van der Waals surface area contributed by atoms with Gasteiger partial charge in [-0.2, -0.15) is 0 Å². The number of aromatic nitrogens is 2. The second-order valence-corrected chi connectivity index (χ2v) is 6.76. The molecule has 0 unspecified atom stereocenters. The fraction of sp³-hybridized carbons (Fsp3) is 0.385. The average molecular weight is 310 g/mol. The molecule has 8 heteroatoms. The van der Waals surface area contributed by atoms with E-state index in [9.17, 15) is 13.2 Å². The van der Waals surface area contributed by atoms with Crippen LogP contribution in [-0.4, -0.2) is 36.0 Å². The van der Waals surface area contributed by atoms with Crippen LogP contribution in [0.4, 0.5) is 0 Å². The van der Waals surface area contributed by atoms with E-state index in [4.69, 9.17) is 0 Å². The third-order valence-corrected chi connectivity index (χ3v) is 3.74. The van der Waals surface area contributed by atoms with Gasteiger partial charge in [-0.3, -0.25) is 4.79 Å². The van der Waals surface area contributed by atoms with Crippen molar-refractivity contribution in [2.75, 3.05) is 6.26 Å². The van der Waals surface area contributed by atoms with Crippen LogP contribution in [0.25, 0.3) is 5.65 Å². The van der Waals surface area contributed by atoms with Crippen molar-refractivity contribution in [2.24, 2.45) is 0 Å². The molecule has 21 heavy (non-hydrogen) atoms. The van der Waals surface area contributed by atoms with E-state index in [2.05, 4.69) is 15.0 Å². The number of carbonyl (C=O) groups is 1. The van der Waals surface area contributed by atoms with Gasteiger partial charge >= 0.3 is 0 Å². The summed E-state index contributed by atoms with van der Waals surface area (Å²) in [5.74, 6) is -0.394. The van der Waals surface area contributed by atoms with Gasteiger partial charge in [-0.1, -0.05) is 6.07 Å². The van der Waals surface area contributed by atoms with Gasteiger partial charge in [0.25, 0.3) is 0 Å². The maximum absolute atomic E-state index is 11.8. The molecule has 0 aliphatic heterocycles. The van der Waals surface area contributed by atoms with Gasteiger partial charge in [0, 0.05) is 12.4 Å². The van der Waals surface area contributed by atoms with Crippen LogP contribution < -0.4 is 10.0 Å². The third-order valence-electron chi connectivity index (χ3n) is 2.96. The summed E-state index contributed by atoms with van der Waals surface area (Å²) in [5.41, 5.74) is 2.59. The Balaban J connectivity index is 2.01. The van der Waals surface area contributed by atoms with Gasteiger partial charge in [0.2, 0.25) is 15.9 Å². The maximum Gasteiger partial charge on any atom is 0.238 e. The number of amides is 1. The van der Waals surface area contributed by atoms with E-state index in [0.29, 0.717) is 5.69 Å². The molecule has 0 saturated heterocycles. The van der Waals surface area contributed by atoms with E-state index in [1.807, 2.05) is 35.9 Å². The Morgan fingerprint density at radius 2 is 2.19 bits per heavy atom. The first kappa shape index (κ1) is 15.5. The number of rotatable bonds is 5. The number of hydrogen-bond acceptors (Lipinski definition) is 4. The number of imidazole rings is 1. The van der Waals surface area contributed by atoms with Crippen LogP contribution in [0.1, 0.15) is 18.2 Å². The van der Waals surface area contributed by atoms with Crippen molar-refractivity contribution in [3.8, 4) is 0 Å². The van der Waals surface area contributed by atoms with Crippen molar-refractivity contribution in [1.29, 1.82) is 0 Å². The van der Waals surface area contributed by atoms with Gasteiger partial charge in [0.1, 0.15) is 5.65 Å². The molecule has 7 nitrogen and oxygen atoms in total. The first-order valence-corrected chi connectivity index (χ1v) is 8.33. The number of fused-ring (bicyclic) bond motifs is 1. The quantitative estimate of drug-likeness (QED) is 0.825. The summed E-state index contributed by atoms with van der Waals surface area (Å²) in [6.07, 6.45) is 4.73. The van der Waals surface area contributed by atoms with Crippen molar-refractivity contribution < 1.29 is 13.2 Å². The van der Waals surface area contributed by atoms with E-state index in [-0.39, 0.29) is 6.54 Å². The summed E-state index contributed by atoms with van der Waals surface area (Å²) in [4.78, 5) is 16.2. The van der Waals surface area contributed by atoms with E-state index in [1.165, 1.54) is 6.92 Å². The normalized spacial score (nSPS) is 13.3. The number of carbonyl (C=O) groups excluding carboxylic acids is 1. The molecular formula is C13H18N4O3S. The Bertz CT molecular complexity index is 767. The molecule has 1 amide bonds. The van der Waals surface area contributed by atoms with Crippen molar-refractivity contribution in [3.05, 3.63) is 35.8 Å². The van der Waals surface area contributed by atoms with Gasteiger partial charge < -0.3 is 9.72 Å². The Morgan fingerprint density at radius 3 is 2.81 bits per heavy atom. The first-order chi connectivity index (χ1) is 9.76. The predicted molar refractivity (Wildman–Crippen MR) is 79.2 cm³/mol. The molecule has 2 aromatic heterocycles. The molecule has 2 aromatic rings. The van der Waals surface area contributed by atoms with Crippen LogP contribution in [0.2, 0.25) is 0 Å². The van der Waals surface area contributed by atoms with Crippen molar-refractivity contribution >= 4 is 21.6 Å². The zero-order valence-electron chi connectivity index (χ0n) is 12.1. The molecule has 114 valence electrons. The van der Waals surface area contributed by atoms with Crippen molar-refractivity contribution in [3.63, 3.8) is 0 Å². The highest BCUT2D eigenvalue weighted by Crippen LogP contribution is 2.09. The molecule has 0 bridgehead atoms. The van der Waals surface area contributed by atoms with Crippen molar-refractivity contribution in [2.45, 2.75) is 26.4 Å². The minimum atomic E-state index is -3.41. The molecule has 0 aliphatic carbocycles. The van der Waals surface area contributed by atoms with Crippen LogP contribution >= 0.6 is 0 Å². The summed E-state index contributed by atoms with van der Waals surface area (Å²) in [6, 6.07) is 3.06. The van der Waals surface area contributed by atoms with Crippen LogP contribution in [0, 0.1) is 6.92 Å². The van der Waals surface area contributed by atoms with Gasteiger partial charge in [0.15, 0.2) is 0 Å². The highest BCUT2D eigenvalue weighted by atomic mass is 32.2. The smallest absolute Gasteiger partial charge is 0.238 e. The Kier molecular flexibility index (Phi) is 4.29. The topological polar surface area (TPSA) is 92.6 Å². The Hall–Kier alpha value is -1.93. The van der Waals surface area contributed by atoms with Gasteiger partial charge in [-0.05, 0) is 25.5 Å². The third kappa shape index (κ3) is 4.02. The van der Waals surface area contributed by atoms with Crippen LogP contribution in [-0.2, 0) is 21.4 Å². The lowest BCUT2D eigenvalue weighted by atomic mass is 10.3. The van der Waals surface area contributed by atoms with E-state index >= 15 is 0 Å². The lowest BCUT2D eigenvalue weighted by Crippen LogP contribution is -2.44. The second-order valence-electron chi connectivity index (χ2n) is 4.98. The summed E-state index contributed by atoms with van der Waals surface area (Å²) in [5, 5.41) is 2.66. The Morgan fingerprint density at radius 1 is 1.48 bits per heavy atom. The minimum absolute atomic E-state index is 0.246. The predicted octanol–water partition coefficient (Wildman–Crippen LogP) is 0.197. The highest BCUT2D eigenvalue weighted by molar-refractivity contribution is 7.88. The SMILES string of the molecule is Cc1cccn2cc(CNC(=O)[C@H](C)NS(C)(=O)=O)nc12. The average Bonchev–Trinajstić information content (AvgIpc) is 2.78. The van der Waals surface area contributed by atoms with E-state index in [0.717, 1.165) is 17.5 Å². The monoisotopic (exact) mass is 310 g/mol. The molecule has 1 atom stereocenters. The van der Waals surface area contributed by atoms with Gasteiger partial charge in [-0.25, -0.2) is 18.1 Å². The highest BCUT2D eigenvalue weighted by Gasteiger charge is 2.16. The number of hydrogen-bond donors (Lipinski definition) is 2. The molecule has 0 aliphatic rings. The summed E-state index contributed by atoms with van der Waals surface area (Å²) < 4.78 is 26.2. The zero-order chi connectivity index (χ0) is 15.6. The molecule has 2 heterocycles. The van der Waals surface area contributed by atoms with Crippen molar-refractivity contribution in [1.82, 2.24) is 19.4 Å². The number of sulfonamides is 1. The number of nitrogens with one attached hydrogen (secondary N) is 2. The minimum Gasteiger partial charge on any atom is -0.349 e. The first-order valence-electron chi connectivity index (χ1n) is 6.44. The summed E-state index contributed by atoms with van der Waals surface area (Å²) >= 11 is 0. The van der Waals surface area contributed by atoms with Gasteiger partial charge in [0.05, 0.1) is 24.5 Å². The molecule has 2 rings (SSSR count). The van der Waals surface area contributed by atoms with Crippen LogP contribution in [0.3, 0.4) is 0 Å².